The number of rotatable bonds is 31. The summed E-state index contributed by atoms with van der Waals surface area (Å²) in [5.74, 6) is -181. The zero-order chi connectivity index (χ0) is 85.1. The fourth-order valence-electron chi connectivity index (χ4n) is 5.32. The quantitative estimate of drug-likeness (QED) is 0.0282. The summed E-state index contributed by atoms with van der Waals surface area (Å²) in [7, 11) is -17.2. The molecule has 0 aliphatic heterocycles. The molecule has 6 N–H and O–H groups in total. The Labute approximate surface area is 526 Å². The molecule has 0 saturated heterocycles. The first kappa shape index (κ1) is 104. The maximum Gasteiger partial charge on any atom is 0.460 e. The number of hydrogen-bond acceptors (Lipinski definition) is 9. The lowest BCUT2D eigenvalue weighted by atomic mass is 9.88. The summed E-state index contributed by atoms with van der Waals surface area (Å²) < 4.78 is 741. The van der Waals surface area contributed by atoms with Gasteiger partial charge in [0, 0.05) is 24.7 Å². The Balaban J connectivity index is -0.000000663. The highest BCUT2D eigenvalue weighted by molar-refractivity contribution is 7.86. The fraction of sp³-hybridized carbons (Fsp3) is 1.00. The minimum atomic E-state index is -8.74. The van der Waals surface area contributed by atoms with E-state index in [0.717, 1.165) is 0 Å². The smallest absolute Gasteiger partial charge is 0.396 e. The fourth-order valence-corrected chi connectivity index (χ4v) is 6.86. The molecule has 0 radical (unpaired) electrons. The van der Waals surface area contributed by atoms with Crippen molar-refractivity contribution in [2.45, 2.75) is 176 Å². The second kappa shape index (κ2) is 29.5. The van der Waals surface area contributed by atoms with Gasteiger partial charge in [-0.25, -0.2) is 0 Å². The van der Waals surface area contributed by atoms with Crippen LogP contribution in [0, 0.1) is 5.41 Å². The Morgan fingerprint density at radius 1 is 0.206 bits per heavy atom. The molecule has 0 aromatic rings. The first-order valence-electron chi connectivity index (χ1n) is 22.9. The van der Waals surface area contributed by atoms with Crippen LogP contribution in [0.4, 0.5) is 224 Å². The summed E-state index contributed by atoms with van der Waals surface area (Å²) in [6, 6.07) is 0. The Bertz CT molecular complexity index is 2780. The van der Waals surface area contributed by atoms with E-state index in [9.17, 15) is 249 Å². The molecule has 0 atom stereocenters. The van der Waals surface area contributed by atoms with Gasteiger partial charge in [0.05, 0.1) is 37.1 Å². The van der Waals surface area contributed by atoms with Gasteiger partial charge >= 0.3 is 143 Å². The maximum absolute atomic E-state index is 13.3. The van der Waals surface area contributed by atoms with E-state index >= 15 is 0 Å². The predicted molar refractivity (Wildman–Crippen MR) is 219 cm³/mol. The summed E-state index contributed by atoms with van der Waals surface area (Å²) in [6.45, 7) is 1.35. The van der Waals surface area contributed by atoms with Crippen molar-refractivity contribution in [2.24, 2.45) is 5.41 Å². The van der Waals surface area contributed by atoms with Gasteiger partial charge in [0.1, 0.15) is 0 Å². The lowest BCUT2D eigenvalue weighted by Gasteiger charge is -2.42. The lowest BCUT2D eigenvalue weighted by molar-refractivity contribution is -0.461. The largest absolute Gasteiger partial charge is 0.460 e. The molecule has 102 heavy (non-hydrogen) atoms. The third kappa shape index (κ3) is 18.2. The van der Waals surface area contributed by atoms with E-state index in [1.54, 1.807) is 0 Å². The van der Waals surface area contributed by atoms with Gasteiger partial charge in [-0.3, -0.25) is 13.7 Å². The molecule has 0 fully saturated rings. The van der Waals surface area contributed by atoms with Crippen LogP contribution in [0.25, 0.3) is 0 Å². The van der Waals surface area contributed by atoms with Crippen molar-refractivity contribution in [3.05, 3.63) is 0 Å². The van der Waals surface area contributed by atoms with Crippen molar-refractivity contribution in [1.29, 1.82) is 0 Å². The van der Waals surface area contributed by atoms with Crippen molar-refractivity contribution < 1.29 is 278 Å². The van der Waals surface area contributed by atoms with Gasteiger partial charge in [-0.1, -0.05) is 6.92 Å². The van der Waals surface area contributed by atoms with Crippen molar-refractivity contribution >= 4 is 30.4 Å². The maximum atomic E-state index is 13.3. The normalized spacial score (nSPS) is 16.2. The van der Waals surface area contributed by atoms with E-state index < -0.39 is 215 Å². The number of halogens is 51. The molecule has 12 nitrogen and oxygen atoms in total. The summed E-state index contributed by atoms with van der Waals surface area (Å²) in [5.41, 5.74) is -0.667. The Morgan fingerprint density at radius 3 is 0.392 bits per heavy atom. The molecular weight excluding hydrogens is 1690 g/mol. The van der Waals surface area contributed by atoms with Crippen LogP contribution in [0.1, 0.15) is 32.6 Å². The number of aliphatic hydroxyl groups excluding tert-OH is 3. The molecule has 0 aliphatic rings. The summed E-state index contributed by atoms with van der Waals surface area (Å²) >= 11 is 0. The summed E-state index contributed by atoms with van der Waals surface area (Å²) in [4.78, 5) is 0. The number of aliphatic hydroxyl groups is 3. The SMILES string of the molecule is CCC(CO)(CO)CO.O=S(=O)(O)CCC(F)(F)C(F)(F)C(F)(F)C(F)(F)C(F)(F)C(F)(F)C(F)(F)C(F)(F)F.O=S(=O)(O)CCC(F)(F)C(F)(F)C(F)(F)C(F)(F)C(F)(F)C(F)(F)C(F)(F)C(F)(F)F.O=S(=O)(O)CCC(F)(F)C(F)(F)C(F)(F)C(F)(F)C(F)(F)C(F)(F)C(F)(F)C(F)(F)F. The van der Waals surface area contributed by atoms with Crippen LogP contribution in [0.15, 0.2) is 0 Å². The Kier molecular flexibility index (Phi) is 30.2. The van der Waals surface area contributed by atoms with E-state index in [0.29, 0.717) is 6.42 Å². The van der Waals surface area contributed by atoms with Gasteiger partial charge in [0.2, 0.25) is 0 Å². The van der Waals surface area contributed by atoms with Gasteiger partial charge in [-0.2, -0.15) is 249 Å². The first-order chi connectivity index (χ1) is 43.1. The van der Waals surface area contributed by atoms with Gasteiger partial charge < -0.3 is 15.3 Å². The van der Waals surface area contributed by atoms with Crippen molar-refractivity contribution in [1.82, 2.24) is 0 Å². The molecule has 0 aromatic heterocycles. The third-order valence-corrected chi connectivity index (χ3v) is 14.3. The zero-order valence-corrected chi connectivity index (χ0v) is 48.7. The minimum Gasteiger partial charge on any atom is -0.396 e. The van der Waals surface area contributed by atoms with Crippen LogP contribution in [0.5, 0.6) is 0 Å². The highest BCUT2D eigenvalue weighted by atomic mass is 32.2. The van der Waals surface area contributed by atoms with E-state index in [1.165, 1.54) is 0 Å². The van der Waals surface area contributed by atoms with E-state index in [4.69, 9.17) is 29.0 Å². The molecule has 0 unspecified atom stereocenters. The van der Waals surface area contributed by atoms with Crippen LogP contribution in [0.2, 0.25) is 0 Å². The van der Waals surface area contributed by atoms with E-state index in [2.05, 4.69) is 0 Å². The van der Waals surface area contributed by atoms with Crippen molar-refractivity contribution in [3.8, 4) is 0 Å². The highest BCUT2D eigenvalue weighted by Crippen LogP contribution is 2.68. The molecule has 0 bridgehead atoms. The topological polar surface area (TPSA) is 224 Å². The Hall–Kier alpha value is -3.96. The summed E-state index contributed by atoms with van der Waals surface area (Å²) in [6.07, 6.45) is -32.6. The zero-order valence-electron chi connectivity index (χ0n) is 46.2. The monoisotopic (exact) mass is 1720 g/mol. The molecule has 0 heterocycles. The second-order valence-corrected chi connectivity index (χ2v) is 24.1. The van der Waals surface area contributed by atoms with Crippen molar-refractivity contribution in [3.63, 3.8) is 0 Å². The van der Waals surface area contributed by atoms with Gasteiger partial charge in [-0.05, 0) is 6.42 Å². The summed E-state index contributed by atoms with van der Waals surface area (Å²) in [5, 5.41) is 26.0. The van der Waals surface area contributed by atoms with Crippen LogP contribution >= 0.6 is 0 Å². The first-order valence-corrected chi connectivity index (χ1v) is 27.8. The highest BCUT2D eigenvalue weighted by Gasteiger charge is 2.98. The van der Waals surface area contributed by atoms with Crippen molar-refractivity contribution in [2.75, 3.05) is 37.1 Å². The van der Waals surface area contributed by atoms with Crippen LogP contribution < -0.4 is 0 Å². The molecule has 0 aromatic carbocycles. The molecule has 620 valence electrons. The second-order valence-electron chi connectivity index (χ2n) is 19.4. The standard InChI is InChI=1S/3C10H5F17O3S.C6H14O3/c3*11-3(12,1-2-31(28,29)30)4(13,14)5(15,16)6(17,18)7(19,20)8(21,22)9(23,24)10(25,26)27;1-2-6(3-7,4-8)5-9/h3*1-2H2,(H,28,29,30);7-9H,2-5H2,1H3. The third-order valence-electron chi connectivity index (χ3n) is 12.1. The number of hydrogen-bond donors (Lipinski definition) is 6. The van der Waals surface area contributed by atoms with Crippen LogP contribution in [0.3, 0.4) is 0 Å². The van der Waals surface area contributed by atoms with Crippen LogP contribution in [-0.4, -0.2) is 234 Å². The molecule has 66 heteroatoms. The minimum absolute atomic E-state index is 0.156. The Morgan fingerprint density at radius 2 is 0.314 bits per heavy atom. The molecule has 0 rings (SSSR count). The van der Waals surface area contributed by atoms with E-state index in [1.807, 2.05) is 6.92 Å². The van der Waals surface area contributed by atoms with Gasteiger partial charge in [-0.15, -0.1) is 0 Å². The molecule has 0 spiro atoms. The average Bonchev–Trinajstić information content (AvgIpc) is 0.707. The number of alkyl halides is 51. The lowest BCUT2D eigenvalue weighted by Crippen LogP contribution is -2.74. The van der Waals surface area contributed by atoms with Crippen LogP contribution in [-0.2, 0) is 30.4 Å². The molecular formula is C36H29F51O12S3. The average molecular weight is 1720 g/mol. The van der Waals surface area contributed by atoms with Gasteiger partial charge in [0.15, 0.2) is 0 Å². The molecule has 0 aliphatic carbocycles. The molecule has 0 saturated carbocycles. The molecule has 0 amide bonds. The predicted octanol–water partition coefficient (Wildman–Crippen LogP) is 15.2. The van der Waals surface area contributed by atoms with E-state index in [-0.39, 0.29) is 19.8 Å². The van der Waals surface area contributed by atoms with Gasteiger partial charge in [0.25, 0.3) is 30.4 Å².